The van der Waals surface area contributed by atoms with Crippen LogP contribution in [0.4, 0.5) is 0 Å². The van der Waals surface area contributed by atoms with Crippen molar-refractivity contribution >= 4 is 5.78 Å². The summed E-state index contributed by atoms with van der Waals surface area (Å²) in [6.45, 7) is 8.32. The largest absolute Gasteiger partial charge is 0.497 e. The summed E-state index contributed by atoms with van der Waals surface area (Å²) in [6.07, 6.45) is 2.53. The molecule has 0 bridgehead atoms. The van der Waals surface area contributed by atoms with E-state index in [9.17, 15) is 4.79 Å². The molecule has 0 radical (unpaired) electrons. The Labute approximate surface area is 117 Å². The summed E-state index contributed by atoms with van der Waals surface area (Å²) < 4.78 is 5.13. The summed E-state index contributed by atoms with van der Waals surface area (Å²) in [5.41, 5.74) is 1.05. The Kier molecular flexibility index (Phi) is 5.59. The number of hydrogen-bond donors (Lipinski definition) is 0. The first-order valence-electron chi connectivity index (χ1n) is 7.04. The number of ketones is 1. The van der Waals surface area contributed by atoms with Crippen LogP contribution in [-0.4, -0.2) is 12.9 Å². The lowest BCUT2D eigenvalue weighted by Crippen LogP contribution is -2.29. The number of hydrogen-bond acceptors (Lipinski definition) is 2. The van der Waals surface area contributed by atoms with Crippen LogP contribution in [0.5, 0.6) is 5.75 Å². The standard InChI is InChI=1S/C17H26O2/c1-13(2)17(3,4)16(18)8-6-7-14-9-11-15(19-5)12-10-14/h9-13H,6-8H2,1-5H3. The number of carbonyl (C=O) groups excluding carboxylic acids is 1. The van der Waals surface area contributed by atoms with E-state index in [0.29, 0.717) is 18.1 Å². The Morgan fingerprint density at radius 1 is 1.21 bits per heavy atom. The van der Waals surface area contributed by atoms with Gasteiger partial charge in [-0.3, -0.25) is 4.79 Å². The van der Waals surface area contributed by atoms with Crippen molar-refractivity contribution in [2.45, 2.75) is 47.0 Å². The normalized spacial score (nSPS) is 11.7. The lowest BCUT2D eigenvalue weighted by molar-refractivity contribution is -0.129. The molecule has 0 aromatic heterocycles. The van der Waals surface area contributed by atoms with Crippen LogP contribution >= 0.6 is 0 Å². The molecule has 0 fully saturated rings. The fourth-order valence-corrected chi connectivity index (χ4v) is 1.89. The van der Waals surface area contributed by atoms with Gasteiger partial charge in [0, 0.05) is 11.8 Å². The molecule has 1 aromatic rings. The van der Waals surface area contributed by atoms with Crippen molar-refractivity contribution in [3.63, 3.8) is 0 Å². The third kappa shape index (κ3) is 4.38. The monoisotopic (exact) mass is 262 g/mol. The van der Waals surface area contributed by atoms with E-state index in [-0.39, 0.29) is 5.41 Å². The molecule has 0 atom stereocenters. The van der Waals surface area contributed by atoms with Crippen molar-refractivity contribution in [1.82, 2.24) is 0 Å². The maximum absolute atomic E-state index is 12.2. The minimum absolute atomic E-state index is 0.208. The Bertz CT molecular complexity index is 402. The molecule has 0 saturated heterocycles. The van der Waals surface area contributed by atoms with E-state index in [0.717, 1.165) is 18.6 Å². The van der Waals surface area contributed by atoms with Gasteiger partial charge in [0.1, 0.15) is 11.5 Å². The highest BCUT2D eigenvalue weighted by molar-refractivity contribution is 5.84. The molecule has 0 aliphatic carbocycles. The van der Waals surface area contributed by atoms with Crippen LogP contribution in [0, 0.1) is 11.3 Å². The second kappa shape index (κ2) is 6.74. The summed E-state index contributed by atoms with van der Waals surface area (Å²) >= 11 is 0. The summed E-state index contributed by atoms with van der Waals surface area (Å²) in [6, 6.07) is 8.07. The van der Waals surface area contributed by atoms with Gasteiger partial charge in [0.05, 0.1) is 7.11 Å². The lowest BCUT2D eigenvalue weighted by atomic mass is 9.76. The molecule has 0 spiro atoms. The first kappa shape index (κ1) is 15.7. The molecular weight excluding hydrogens is 236 g/mol. The molecule has 0 unspecified atom stereocenters. The van der Waals surface area contributed by atoms with Crippen molar-refractivity contribution in [2.75, 3.05) is 7.11 Å². The number of aryl methyl sites for hydroxylation is 1. The van der Waals surface area contributed by atoms with Gasteiger partial charge in [-0.1, -0.05) is 39.8 Å². The van der Waals surface area contributed by atoms with Crippen LogP contribution in [0.1, 0.15) is 46.1 Å². The van der Waals surface area contributed by atoms with E-state index in [1.54, 1.807) is 7.11 Å². The maximum Gasteiger partial charge on any atom is 0.138 e. The van der Waals surface area contributed by atoms with Gasteiger partial charge in [0.25, 0.3) is 0 Å². The molecule has 0 aliphatic heterocycles. The molecule has 2 nitrogen and oxygen atoms in total. The summed E-state index contributed by atoms with van der Waals surface area (Å²) in [5, 5.41) is 0. The van der Waals surface area contributed by atoms with Crippen LogP contribution < -0.4 is 4.74 Å². The van der Waals surface area contributed by atoms with E-state index in [1.807, 2.05) is 26.0 Å². The fourth-order valence-electron chi connectivity index (χ4n) is 1.89. The minimum Gasteiger partial charge on any atom is -0.497 e. The molecule has 0 amide bonds. The molecule has 1 aromatic carbocycles. The van der Waals surface area contributed by atoms with Crippen molar-refractivity contribution in [3.8, 4) is 5.75 Å². The Morgan fingerprint density at radius 2 is 1.79 bits per heavy atom. The van der Waals surface area contributed by atoms with E-state index >= 15 is 0 Å². The molecule has 106 valence electrons. The Hall–Kier alpha value is -1.31. The number of Topliss-reactive ketones (excluding diaryl/α,β-unsaturated/α-hetero) is 1. The minimum atomic E-state index is -0.208. The van der Waals surface area contributed by atoms with Crippen molar-refractivity contribution in [3.05, 3.63) is 29.8 Å². The van der Waals surface area contributed by atoms with Crippen LogP contribution in [0.3, 0.4) is 0 Å². The summed E-state index contributed by atoms with van der Waals surface area (Å²) in [7, 11) is 1.67. The summed E-state index contributed by atoms with van der Waals surface area (Å²) in [4.78, 5) is 12.2. The first-order valence-corrected chi connectivity index (χ1v) is 7.04. The Morgan fingerprint density at radius 3 is 2.26 bits per heavy atom. The molecular formula is C17H26O2. The van der Waals surface area contributed by atoms with E-state index < -0.39 is 0 Å². The highest BCUT2D eigenvalue weighted by Gasteiger charge is 2.29. The number of rotatable bonds is 7. The van der Waals surface area contributed by atoms with Crippen LogP contribution in [0.2, 0.25) is 0 Å². The highest BCUT2D eigenvalue weighted by Crippen LogP contribution is 2.29. The van der Waals surface area contributed by atoms with Crippen LogP contribution in [0.25, 0.3) is 0 Å². The summed E-state index contributed by atoms with van der Waals surface area (Å²) in [5.74, 6) is 1.64. The average molecular weight is 262 g/mol. The quantitative estimate of drug-likeness (QED) is 0.733. The van der Waals surface area contributed by atoms with Gasteiger partial charge < -0.3 is 4.74 Å². The number of benzene rings is 1. The zero-order valence-electron chi connectivity index (χ0n) is 12.8. The van der Waals surface area contributed by atoms with Crippen LogP contribution in [0.15, 0.2) is 24.3 Å². The first-order chi connectivity index (χ1) is 8.87. The zero-order valence-corrected chi connectivity index (χ0v) is 12.8. The number of ether oxygens (including phenoxy) is 1. The smallest absolute Gasteiger partial charge is 0.138 e. The molecule has 0 heterocycles. The van der Waals surface area contributed by atoms with Gasteiger partial charge in [-0.15, -0.1) is 0 Å². The van der Waals surface area contributed by atoms with Crippen LogP contribution in [-0.2, 0) is 11.2 Å². The van der Waals surface area contributed by atoms with Crippen molar-refractivity contribution < 1.29 is 9.53 Å². The number of methoxy groups -OCH3 is 1. The molecule has 19 heavy (non-hydrogen) atoms. The van der Waals surface area contributed by atoms with Gasteiger partial charge in [-0.25, -0.2) is 0 Å². The van der Waals surface area contributed by atoms with E-state index in [1.165, 1.54) is 5.56 Å². The van der Waals surface area contributed by atoms with Crippen molar-refractivity contribution in [1.29, 1.82) is 0 Å². The lowest BCUT2D eigenvalue weighted by Gasteiger charge is -2.27. The molecule has 0 saturated carbocycles. The van der Waals surface area contributed by atoms with Gasteiger partial charge in [-0.2, -0.15) is 0 Å². The Balaban J connectivity index is 2.43. The van der Waals surface area contributed by atoms with Gasteiger partial charge >= 0.3 is 0 Å². The maximum atomic E-state index is 12.2. The van der Waals surface area contributed by atoms with Gasteiger partial charge in [0.15, 0.2) is 0 Å². The predicted octanol–water partition coefficient (Wildman–Crippen LogP) is 4.27. The van der Waals surface area contributed by atoms with Gasteiger partial charge in [-0.05, 0) is 36.5 Å². The SMILES string of the molecule is COc1ccc(CCCC(=O)C(C)(C)C(C)C)cc1. The third-order valence-electron chi connectivity index (χ3n) is 4.19. The molecule has 2 heteroatoms. The number of carbonyl (C=O) groups is 1. The second-order valence-corrected chi connectivity index (χ2v) is 6.00. The third-order valence-corrected chi connectivity index (χ3v) is 4.19. The topological polar surface area (TPSA) is 26.3 Å². The van der Waals surface area contributed by atoms with Gasteiger partial charge in [0.2, 0.25) is 0 Å². The zero-order chi connectivity index (χ0) is 14.5. The molecule has 0 N–H and O–H groups in total. The van der Waals surface area contributed by atoms with Crippen molar-refractivity contribution in [2.24, 2.45) is 11.3 Å². The highest BCUT2D eigenvalue weighted by atomic mass is 16.5. The van der Waals surface area contributed by atoms with E-state index in [2.05, 4.69) is 26.0 Å². The predicted molar refractivity (Wildman–Crippen MR) is 79.6 cm³/mol. The fraction of sp³-hybridized carbons (Fsp3) is 0.588. The molecule has 0 aliphatic rings. The second-order valence-electron chi connectivity index (χ2n) is 6.00. The molecule has 1 rings (SSSR count). The van der Waals surface area contributed by atoms with E-state index in [4.69, 9.17) is 4.74 Å². The average Bonchev–Trinajstić information content (AvgIpc) is 2.39.